The highest BCUT2D eigenvalue weighted by atomic mass is 28.4. The number of nitrogens with zero attached hydrogens (tertiary/aromatic N) is 4. The molecule has 3 N–H and O–H groups in total. The van der Waals surface area contributed by atoms with Gasteiger partial charge in [-0.05, 0) is 54.9 Å². The minimum absolute atomic E-state index is 0.149. The Kier molecular flexibility index (Phi) is 7.71. The largest absolute Gasteiger partial charge is 0.413 e. The number of amidine groups is 1. The van der Waals surface area contributed by atoms with Gasteiger partial charge >= 0.3 is 0 Å². The van der Waals surface area contributed by atoms with Gasteiger partial charge in [0.25, 0.3) is 0 Å². The normalized spacial score (nSPS) is 13.4. The number of hydrogen-bond donors (Lipinski definition) is 2. The molecule has 0 bridgehead atoms. The number of benzene rings is 1. The lowest BCUT2D eigenvalue weighted by molar-refractivity contribution is 0.276. The van der Waals surface area contributed by atoms with Gasteiger partial charge in [-0.1, -0.05) is 32.9 Å². The monoisotopic (exact) mass is 436 g/mol. The minimum atomic E-state index is -1.84. The van der Waals surface area contributed by atoms with Crippen LogP contribution in [0.4, 0.5) is 11.5 Å². The molecule has 7 nitrogen and oxygen atoms in total. The Bertz CT molecular complexity index is 973. The van der Waals surface area contributed by atoms with Crippen molar-refractivity contribution in [1.82, 2.24) is 4.98 Å². The van der Waals surface area contributed by atoms with Crippen molar-refractivity contribution in [2.45, 2.75) is 58.5 Å². The van der Waals surface area contributed by atoms with Crippen molar-refractivity contribution >= 4 is 32.0 Å². The molecule has 1 atom stereocenters. The van der Waals surface area contributed by atoms with E-state index in [-0.39, 0.29) is 10.9 Å². The lowest BCUT2D eigenvalue weighted by Gasteiger charge is -2.36. The zero-order chi connectivity index (χ0) is 23.2. The summed E-state index contributed by atoms with van der Waals surface area (Å²) in [4.78, 5) is 10.2. The molecule has 1 heterocycles. The Balaban J connectivity index is 2.34. The van der Waals surface area contributed by atoms with Gasteiger partial charge in [0.05, 0.1) is 24.6 Å². The number of pyridine rings is 1. The van der Waals surface area contributed by atoms with E-state index in [1.165, 1.54) is 0 Å². The van der Waals surface area contributed by atoms with E-state index in [2.05, 4.69) is 49.9 Å². The summed E-state index contributed by atoms with van der Waals surface area (Å²) in [7, 11) is -1.84. The van der Waals surface area contributed by atoms with Gasteiger partial charge in [-0.25, -0.2) is 9.98 Å². The van der Waals surface area contributed by atoms with Crippen LogP contribution in [-0.2, 0) is 11.0 Å². The Morgan fingerprint density at radius 3 is 2.48 bits per heavy atom. The van der Waals surface area contributed by atoms with E-state index < -0.39 is 14.4 Å². The number of nitrogens with two attached hydrogens (primary N) is 1. The predicted molar refractivity (Wildman–Crippen MR) is 130 cm³/mol. The van der Waals surface area contributed by atoms with Crippen molar-refractivity contribution in [1.29, 1.82) is 10.7 Å². The molecule has 1 aromatic heterocycles. The van der Waals surface area contributed by atoms with Crippen molar-refractivity contribution in [3.8, 4) is 6.07 Å². The number of aliphatic imine (C=N–C) groups is 1. The summed E-state index contributed by atoms with van der Waals surface area (Å²) < 4.78 is 6.30. The Morgan fingerprint density at radius 1 is 1.32 bits per heavy atom. The van der Waals surface area contributed by atoms with Crippen molar-refractivity contribution in [2.24, 2.45) is 4.99 Å². The molecule has 0 saturated heterocycles. The zero-order valence-corrected chi connectivity index (χ0v) is 20.2. The van der Waals surface area contributed by atoms with Gasteiger partial charge in [0.2, 0.25) is 0 Å². The van der Waals surface area contributed by atoms with E-state index in [9.17, 15) is 5.26 Å². The maximum Gasteiger partial charge on any atom is 0.192 e. The minimum Gasteiger partial charge on any atom is -0.413 e. The van der Waals surface area contributed by atoms with Gasteiger partial charge in [0.1, 0.15) is 17.7 Å². The van der Waals surface area contributed by atoms with E-state index in [1.54, 1.807) is 30.2 Å². The fraction of sp³-hybridized carbons (Fsp3) is 0.391. The second kappa shape index (κ2) is 9.86. The first-order valence-corrected chi connectivity index (χ1v) is 13.1. The van der Waals surface area contributed by atoms with Crippen molar-refractivity contribution in [3.63, 3.8) is 0 Å². The molecule has 164 valence electrons. The van der Waals surface area contributed by atoms with E-state index in [4.69, 9.17) is 15.6 Å². The molecule has 0 saturated carbocycles. The molecular weight excluding hydrogens is 404 g/mol. The van der Waals surface area contributed by atoms with Crippen molar-refractivity contribution in [3.05, 3.63) is 53.7 Å². The van der Waals surface area contributed by atoms with Crippen LogP contribution in [0.5, 0.6) is 0 Å². The summed E-state index contributed by atoms with van der Waals surface area (Å²) in [5, 5.41) is 17.4. The smallest absolute Gasteiger partial charge is 0.192 e. The fourth-order valence-corrected chi connectivity index (χ4v) is 3.53. The van der Waals surface area contributed by atoms with Crippen LogP contribution in [0.3, 0.4) is 0 Å². The number of nitrogen functional groups attached to an aromatic ring is 1. The van der Waals surface area contributed by atoms with Gasteiger partial charge < -0.3 is 10.2 Å². The number of hydrogen-bond acceptors (Lipinski definition) is 6. The Labute approximate surface area is 186 Å². The van der Waals surface area contributed by atoms with Gasteiger partial charge in [-0.15, -0.1) is 0 Å². The molecule has 0 fully saturated rings. The van der Waals surface area contributed by atoms with E-state index >= 15 is 0 Å². The number of rotatable bonds is 7. The fourth-order valence-electron chi connectivity index (χ4n) is 2.57. The van der Waals surface area contributed by atoms with Crippen LogP contribution in [0.2, 0.25) is 18.1 Å². The van der Waals surface area contributed by atoms with E-state index in [0.29, 0.717) is 18.0 Å². The van der Waals surface area contributed by atoms with Crippen LogP contribution in [0, 0.1) is 16.7 Å². The molecule has 0 radical (unpaired) electrons. The van der Waals surface area contributed by atoms with Gasteiger partial charge in [-0.2, -0.15) is 5.26 Å². The van der Waals surface area contributed by atoms with Gasteiger partial charge in [0.15, 0.2) is 8.32 Å². The lowest BCUT2D eigenvalue weighted by atomic mass is 10.1. The molecule has 2 aromatic rings. The van der Waals surface area contributed by atoms with Crippen LogP contribution >= 0.6 is 0 Å². The highest BCUT2D eigenvalue weighted by Gasteiger charge is 2.37. The van der Waals surface area contributed by atoms with Crippen molar-refractivity contribution in [2.75, 3.05) is 10.6 Å². The van der Waals surface area contributed by atoms with Crippen LogP contribution in [0.25, 0.3) is 0 Å². The first kappa shape index (κ1) is 24.2. The average molecular weight is 437 g/mol. The second-order valence-corrected chi connectivity index (χ2v) is 13.7. The Morgan fingerprint density at radius 2 is 1.97 bits per heavy atom. The molecular formula is C23H32N6OSi. The number of nitrogens with one attached hydrogen (secondary N) is 1. The standard InChI is InChI=1S/C23H32N6OSi/c1-17(14-24)28-22(20-8-7-13-27-21(20)26)29(16-25)19-11-9-18(10-12-19)15-30-31(5,6)23(2,3)4/h7-13,16-17,25H,15H2,1-6H3,(H2,26,27). The molecule has 8 heteroatoms. The van der Waals surface area contributed by atoms with Crippen molar-refractivity contribution < 1.29 is 4.43 Å². The van der Waals surface area contributed by atoms with Crippen LogP contribution < -0.4 is 10.6 Å². The quantitative estimate of drug-likeness (QED) is 0.362. The summed E-state index contributed by atoms with van der Waals surface area (Å²) in [6, 6.07) is 12.8. The number of aromatic nitrogens is 1. The molecule has 1 unspecified atom stereocenters. The highest BCUT2D eigenvalue weighted by Crippen LogP contribution is 2.37. The molecule has 0 aliphatic rings. The first-order valence-electron chi connectivity index (χ1n) is 10.2. The molecule has 0 amide bonds. The maximum atomic E-state index is 9.25. The van der Waals surface area contributed by atoms with E-state index in [0.717, 1.165) is 17.6 Å². The third-order valence-electron chi connectivity index (χ3n) is 5.56. The summed E-state index contributed by atoms with van der Waals surface area (Å²) >= 11 is 0. The third-order valence-corrected chi connectivity index (χ3v) is 10.0. The second-order valence-electron chi connectivity index (χ2n) is 8.91. The molecule has 0 spiro atoms. The molecule has 2 rings (SSSR count). The van der Waals surface area contributed by atoms with Crippen LogP contribution in [-0.4, -0.2) is 31.5 Å². The van der Waals surface area contributed by atoms with Gasteiger partial charge in [0, 0.05) is 11.9 Å². The highest BCUT2D eigenvalue weighted by molar-refractivity contribution is 6.74. The summed E-state index contributed by atoms with van der Waals surface area (Å²) in [5.74, 6) is 0.692. The molecule has 0 aliphatic carbocycles. The van der Waals surface area contributed by atoms with E-state index in [1.807, 2.05) is 24.3 Å². The Hall–Kier alpha value is -3.02. The number of anilines is 2. The average Bonchev–Trinajstić information content (AvgIpc) is 2.72. The summed E-state index contributed by atoms with van der Waals surface area (Å²) in [6.45, 7) is 13.4. The topological polar surface area (TPSA) is 111 Å². The molecule has 31 heavy (non-hydrogen) atoms. The van der Waals surface area contributed by atoms with Crippen LogP contribution in [0.15, 0.2) is 47.6 Å². The third kappa shape index (κ3) is 6.00. The predicted octanol–water partition coefficient (Wildman–Crippen LogP) is 4.96. The number of nitriles is 1. The summed E-state index contributed by atoms with van der Waals surface area (Å²) in [5.41, 5.74) is 8.42. The molecule has 1 aromatic carbocycles. The zero-order valence-electron chi connectivity index (χ0n) is 19.2. The maximum absolute atomic E-state index is 9.25. The van der Waals surface area contributed by atoms with Gasteiger partial charge in [-0.3, -0.25) is 10.3 Å². The SMILES string of the molecule is CC(C#N)N=C(c1cccnc1N)N(C=N)c1ccc(CO[Si](C)(C)C(C)(C)C)cc1. The van der Waals surface area contributed by atoms with Crippen LogP contribution in [0.1, 0.15) is 38.8 Å². The first-order chi connectivity index (χ1) is 14.5. The molecule has 0 aliphatic heterocycles. The summed E-state index contributed by atoms with van der Waals surface area (Å²) in [6.07, 6.45) is 2.76. The lowest BCUT2D eigenvalue weighted by Crippen LogP contribution is -2.40.